The molecular formula is C24H22N6O3S. The lowest BCUT2D eigenvalue weighted by molar-refractivity contribution is -0.113. The summed E-state index contributed by atoms with van der Waals surface area (Å²) >= 11 is 1.25. The lowest BCUT2D eigenvalue weighted by atomic mass is 10.1. The number of nitrogens with zero attached hydrogens (tertiary/aromatic N) is 4. The summed E-state index contributed by atoms with van der Waals surface area (Å²) in [5, 5.41) is 14.7. The Morgan fingerprint density at radius 2 is 1.91 bits per heavy atom. The van der Waals surface area contributed by atoms with Crippen LogP contribution >= 0.6 is 11.8 Å². The van der Waals surface area contributed by atoms with Crippen LogP contribution in [-0.2, 0) is 17.9 Å². The number of allylic oxidation sites excluding steroid dienone is 1. The van der Waals surface area contributed by atoms with Crippen molar-refractivity contribution in [2.24, 2.45) is 0 Å². The Labute approximate surface area is 200 Å². The number of benzene rings is 1. The second kappa shape index (κ2) is 11.1. The van der Waals surface area contributed by atoms with Gasteiger partial charge in [0.15, 0.2) is 11.0 Å². The Bertz CT molecular complexity index is 1270. The summed E-state index contributed by atoms with van der Waals surface area (Å²) in [7, 11) is 0. The lowest BCUT2D eigenvalue weighted by Crippen LogP contribution is -2.25. The Hall–Kier alpha value is -4.18. The van der Waals surface area contributed by atoms with Gasteiger partial charge in [-0.25, -0.2) is 0 Å². The van der Waals surface area contributed by atoms with Crippen LogP contribution in [0.2, 0.25) is 0 Å². The van der Waals surface area contributed by atoms with E-state index in [1.165, 1.54) is 11.8 Å². The molecule has 0 saturated carbocycles. The number of aromatic nitrogens is 4. The quantitative estimate of drug-likeness (QED) is 0.265. The summed E-state index contributed by atoms with van der Waals surface area (Å²) < 4.78 is 7.12. The van der Waals surface area contributed by atoms with Gasteiger partial charge in [-0.2, -0.15) is 0 Å². The highest BCUT2D eigenvalue weighted by atomic mass is 32.2. The second-order valence-corrected chi connectivity index (χ2v) is 8.03. The van der Waals surface area contributed by atoms with E-state index in [-0.39, 0.29) is 24.1 Å². The maximum absolute atomic E-state index is 12.7. The number of carbonyl (C=O) groups is 2. The molecule has 0 unspecified atom stereocenters. The Kier molecular flexibility index (Phi) is 7.51. The van der Waals surface area contributed by atoms with E-state index in [4.69, 9.17) is 4.42 Å². The summed E-state index contributed by atoms with van der Waals surface area (Å²) in [5.74, 6) is 0.820. The van der Waals surface area contributed by atoms with Crippen LogP contribution in [0.5, 0.6) is 0 Å². The molecular weight excluding hydrogens is 452 g/mol. The zero-order valence-electron chi connectivity index (χ0n) is 18.2. The molecule has 0 saturated heterocycles. The highest BCUT2D eigenvalue weighted by Gasteiger charge is 2.17. The minimum atomic E-state index is -0.312. The normalized spacial score (nSPS) is 10.6. The van der Waals surface area contributed by atoms with Gasteiger partial charge in [-0.05, 0) is 36.4 Å². The van der Waals surface area contributed by atoms with Gasteiger partial charge in [0.25, 0.3) is 5.91 Å². The highest BCUT2D eigenvalue weighted by molar-refractivity contribution is 7.99. The standard InChI is InChI=1S/C24H22N6O3S/c1-2-13-30-22(17-9-11-25-12-10-17)28-29-24(30)34-16-21(31)27-20-8-4-3-7-19(20)23(32)26-15-18-6-5-14-33-18/h2-12,14H,1,13,15-16H2,(H,26,32)(H,27,31). The number of rotatable bonds is 10. The summed E-state index contributed by atoms with van der Waals surface area (Å²) in [6, 6.07) is 14.1. The highest BCUT2D eigenvalue weighted by Crippen LogP contribution is 2.24. The van der Waals surface area contributed by atoms with Crippen LogP contribution in [0.25, 0.3) is 11.4 Å². The molecule has 0 bridgehead atoms. The van der Waals surface area contributed by atoms with Crippen molar-refractivity contribution >= 4 is 29.3 Å². The lowest BCUT2D eigenvalue weighted by Gasteiger charge is -2.11. The van der Waals surface area contributed by atoms with E-state index in [2.05, 4.69) is 32.4 Å². The van der Waals surface area contributed by atoms with E-state index in [1.807, 2.05) is 16.7 Å². The molecule has 0 aliphatic heterocycles. The van der Waals surface area contributed by atoms with Crippen LogP contribution in [0, 0.1) is 0 Å². The number of furan rings is 1. The number of amides is 2. The molecule has 10 heteroatoms. The zero-order chi connectivity index (χ0) is 23.8. The molecule has 0 spiro atoms. The van der Waals surface area contributed by atoms with Crippen molar-refractivity contribution < 1.29 is 14.0 Å². The molecule has 0 radical (unpaired) electrons. The second-order valence-electron chi connectivity index (χ2n) is 7.09. The van der Waals surface area contributed by atoms with Crippen LogP contribution in [0.3, 0.4) is 0 Å². The number of hydrogen-bond donors (Lipinski definition) is 2. The molecule has 4 aromatic rings. The third-order valence-corrected chi connectivity index (χ3v) is 5.72. The molecule has 2 amide bonds. The number of anilines is 1. The largest absolute Gasteiger partial charge is 0.467 e. The average Bonchev–Trinajstić information content (AvgIpc) is 3.52. The van der Waals surface area contributed by atoms with E-state index in [9.17, 15) is 9.59 Å². The SMILES string of the molecule is C=CCn1c(SCC(=O)Nc2ccccc2C(=O)NCc2ccco2)nnc1-c1ccncc1. The third kappa shape index (κ3) is 5.59. The molecule has 4 rings (SSSR count). The minimum absolute atomic E-state index is 0.0912. The molecule has 1 aromatic carbocycles. The van der Waals surface area contributed by atoms with Crippen molar-refractivity contribution in [1.82, 2.24) is 25.1 Å². The molecule has 3 aromatic heterocycles. The van der Waals surface area contributed by atoms with E-state index in [0.717, 1.165) is 5.56 Å². The first-order valence-electron chi connectivity index (χ1n) is 10.4. The molecule has 3 heterocycles. The number of thioether (sulfide) groups is 1. The molecule has 172 valence electrons. The van der Waals surface area contributed by atoms with Crippen LogP contribution in [0.15, 0.2) is 89.4 Å². The van der Waals surface area contributed by atoms with Gasteiger partial charge in [0.1, 0.15) is 5.76 Å². The van der Waals surface area contributed by atoms with E-state index < -0.39 is 0 Å². The van der Waals surface area contributed by atoms with Gasteiger partial charge in [0.05, 0.1) is 29.8 Å². The van der Waals surface area contributed by atoms with Crippen molar-refractivity contribution in [3.8, 4) is 11.4 Å². The number of para-hydroxylation sites is 1. The zero-order valence-corrected chi connectivity index (χ0v) is 19.0. The summed E-state index contributed by atoms with van der Waals surface area (Å²) in [4.78, 5) is 29.3. The van der Waals surface area contributed by atoms with E-state index in [0.29, 0.717) is 34.5 Å². The van der Waals surface area contributed by atoms with Crippen LogP contribution < -0.4 is 10.6 Å². The van der Waals surface area contributed by atoms with E-state index >= 15 is 0 Å². The van der Waals surface area contributed by atoms with Crippen LogP contribution in [0.4, 0.5) is 5.69 Å². The smallest absolute Gasteiger partial charge is 0.253 e. The fraction of sp³-hybridized carbons (Fsp3) is 0.125. The van der Waals surface area contributed by atoms with Crippen LogP contribution in [-0.4, -0.2) is 37.3 Å². The van der Waals surface area contributed by atoms with Crippen molar-refractivity contribution in [3.63, 3.8) is 0 Å². The number of carbonyl (C=O) groups excluding carboxylic acids is 2. The summed E-state index contributed by atoms with van der Waals surface area (Å²) in [5.41, 5.74) is 1.66. The predicted octanol–water partition coefficient (Wildman–Crippen LogP) is 3.78. The number of pyridine rings is 1. The predicted molar refractivity (Wildman–Crippen MR) is 129 cm³/mol. The molecule has 0 atom stereocenters. The first kappa shape index (κ1) is 23.0. The maximum atomic E-state index is 12.7. The monoisotopic (exact) mass is 474 g/mol. The Morgan fingerprint density at radius 3 is 2.68 bits per heavy atom. The third-order valence-electron chi connectivity index (χ3n) is 4.75. The molecule has 34 heavy (non-hydrogen) atoms. The fourth-order valence-electron chi connectivity index (χ4n) is 3.19. The van der Waals surface area contributed by atoms with Crippen molar-refractivity contribution in [2.75, 3.05) is 11.1 Å². The van der Waals surface area contributed by atoms with Gasteiger partial charge in [-0.3, -0.25) is 19.1 Å². The Morgan fingerprint density at radius 1 is 1.09 bits per heavy atom. The first-order chi connectivity index (χ1) is 16.7. The Balaban J connectivity index is 1.41. The van der Waals surface area contributed by atoms with E-state index in [1.54, 1.807) is 61.1 Å². The van der Waals surface area contributed by atoms with Gasteiger partial charge < -0.3 is 15.1 Å². The fourth-order valence-corrected chi connectivity index (χ4v) is 3.93. The van der Waals surface area contributed by atoms with Crippen LogP contribution in [0.1, 0.15) is 16.1 Å². The summed E-state index contributed by atoms with van der Waals surface area (Å²) in [6.07, 6.45) is 6.66. The number of nitrogens with one attached hydrogen (secondary N) is 2. The minimum Gasteiger partial charge on any atom is -0.467 e. The summed E-state index contributed by atoms with van der Waals surface area (Å²) in [6.45, 7) is 4.55. The molecule has 0 fully saturated rings. The maximum Gasteiger partial charge on any atom is 0.253 e. The molecule has 9 nitrogen and oxygen atoms in total. The first-order valence-corrected chi connectivity index (χ1v) is 11.4. The van der Waals surface area contributed by atoms with Gasteiger partial charge in [0, 0.05) is 24.5 Å². The van der Waals surface area contributed by atoms with Gasteiger partial charge in [-0.15, -0.1) is 16.8 Å². The average molecular weight is 475 g/mol. The molecule has 2 N–H and O–H groups in total. The van der Waals surface area contributed by atoms with Crippen molar-refractivity contribution in [1.29, 1.82) is 0 Å². The number of hydrogen-bond acceptors (Lipinski definition) is 7. The van der Waals surface area contributed by atoms with Gasteiger partial charge in [-0.1, -0.05) is 30.0 Å². The molecule has 0 aliphatic rings. The van der Waals surface area contributed by atoms with Crippen molar-refractivity contribution in [3.05, 3.63) is 91.2 Å². The van der Waals surface area contributed by atoms with Gasteiger partial charge >= 0.3 is 0 Å². The molecule has 0 aliphatic carbocycles. The van der Waals surface area contributed by atoms with Crippen molar-refractivity contribution in [2.45, 2.75) is 18.2 Å². The topological polar surface area (TPSA) is 115 Å². The van der Waals surface area contributed by atoms with Gasteiger partial charge in [0.2, 0.25) is 5.91 Å².